The zero-order valence-corrected chi connectivity index (χ0v) is 16.8. The van der Waals surface area contributed by atoms with Gasteiger partial charge in [-0.2, -0.15) is 0 Å². The monoisotopic (exact) mass is 390 g/mol. The maximum Gasteiger partial charge on any atom is 0.251 e. The second kappa shape index (κ2) is 8.57. The number of carbonyl (C=O) groups is 1. The summed E-state index contributed by atoms with van der Waals surface area (Å²) in [4.78, 5) is 14.7. The van der Waals surface area contributed by atoms with E-state index in [1.54, 1.807) is 0 Å². The van der Waals surface area contributed by atoms with Crippen molar-refractivity contribution in [3.8, 4) is 11.5 Å². The largest absolute Gasteiger partial charge is 0.419 e. The first-order valence-corrected chi connectivity index (χ1v) is 10.1. The Balaban J connectivity index is 1.33. The van der Waals surface area contributed by atoms with Crippen molar-refractivity contribution in [3.63, 3.8) is 0 Å². The lowest BCUT2D eigenvalue weighted by Crippen LogP contribution is -2.45. The van der Waals surface area contributed by atoms with E-state index in [2.05, 4.69) is 27.3 Å². The Hall–Kier alpha value is -2.99. The molecular formula is C23H26N4O2. The van der Waals surface area contributed by atoms with Gasteiger partial charge in [-0.1, -0.05) is 35.9 Å². The van der Waals surface area contributed by atoms with Gasteiger partial charge in [0.2, 0.25) is 11.8 Å². The van der Waals surface area contributed by atoms with Gasteiger partial charge in [-0.3, -0.25) is 9.69 Å². The quantitative estimate of drug-likeness (QED) is 0.713. The van der Waals surface area contributed by atoms with E-state index in [4.69, 9.17) is 4.42 Å². The highest BCUT2D eigenvalue weighted by atomic mass is 16.4. The fourth-order valence-electron chi connectivity index (χ4n) is 3.74. The Labute approximate surface area is 170 Å². The maximum atomic E-state index is 12.4. The molecule has 0 saturated carbocycles. The molecule has 1 aromatic heterocycles. The number of rotatable bonds is 5. The average Bonchev–Trinajstić information content (AvgIpc) is 3.25. The minimum atomic E-state index is -0.00297. The molecule has 6 nitrogen and oxygen atoms in total. The van der Waals surface area contributed by atoms with Crippen LogP contribution in [0.2, 0.25) is 0 Å². The second-order valence-corrected chi connectivity index (χ2v) is 7.64. The first kappa shape index (κ1) is 19.3. The van der Waals surface area contributed by atoms with Crippen LogP contribution in [-0.4, -0.2) is 40.1 Å². The van der Waals surface area contributed by atoms with Crippen molar-refractivity contribution in [2.45, 2.75) is 38.8 Å². The summed E-state index contributed by atoms with van der Waals surface area (Å²) in [7, 11) is 0. The summed E-state index contributed by atoms with van der Waals surface area (Å²) >= 11 is 0. The summed E-state index contributed by atoms with van der Waals surface area (Å²) in [6.07, 6.45) is 1.81. The minimum Gasteiger partial charge on any atom is -0.419 e. The summed E-state index contributed by atoms with van der Waals surface area (Å²) in [5.41, 5.74) is 2.81. The van der Waals surface area contributed by atoms with E-state index in [0.717, 1.165) is 37.1 Å². The molecule has 0 bridgehead atoms. The molecule has 0 aliphatic carbocycles. The molecule has 1 amide bonds. The molecule has 1 saturated heterocycles. The average molecular weight is 390 g/mol. The first-order valence-electron chi connectivity index (χ1n) is 10.1. The van der Waals surface area contributed by atoms with E-state index in [9.17, 15) is 4.79 Å². The third-order valence-electron chi connectivity index (χ3n) is 5.51. The molecule has 0 unspecified atom stereocenters. The van der Waals surface area contributed by atoms with Crippen LogP contribution in [0.1, 0.15) is 47.6 Å². The van der Waals surface area contributed by atoms with Crippen LogP contribution in [0.15, 0.2) is 59.0 Å². The number of benzene rings is 2. The molecule has 29 heavy (non-hydrogen) atoms. The third kappa shape index (κ3) is 4.54. The van der Waals surface area contributed by atoms with Gasteiger partial charge in [0, 0.05) is 30.3 Å². The molecule has 4 rings (SSSR count). The number of piperidine rings is 1. The Kier molecular flexibility index (Phi) is 5.71. The topological polar surface area (TPSA) is 71.3 Å². The van der Waals surface area contributed by atoms with Crippen LogP contribution in [0.25, 0.3) is 11.5 Å². The number of aromatic nitrogens is 2. The van der Waals surface area contributed by atoms with Crippen LogP contribution < -0.4 is 5.32 Å². The third-order valence-corrected chi connectivity index (χ3v) is 5.51. The van der Waals surface area contributed by atoms with Gasteiger partial charge in [0.15, 0.2) is 0 Å². The molecule has 1 N–H and O–H groups in total. The summed E-state index contributed by atoms with van der Waals surface area (Å²) in [6.45, 7) is 5.90. The number of hydrogen-bond donors (Lipinski definition) is 1. The highest BCUT2D eigenvalue weighted by Gasteiger charge is 2.27. The number of hydrogen-bond acceptors (Lipinski definition) is 5. The van der Waals surface area contributed by atoms with Gasteiger partial charge in [0.25, 0.3) is 5.91 Å². The predicted molar refractivity (Wildman–Crippen MR) is 111 cm³/mol. The lowest BCUT2D eigenvalue weighted by atomic mass is 10.0. The zero-order chi connectivity index (χ0) is 20.2. The van der Waals surface area contributed by atoms with E-state index in [0.29, 0.717) is 17.3 Å². The van der Waals surface area contributed by atoms with Crippen LogP contribution in [0.5, 0.6) is 0 Å². The normalized spacial score (nSPS) is 16.5. The van der Waals surface area contributed by atoms with Crippen molar-refractivity contribution >= 4 is 5.91 Å². The standard InChI is InChI=1S/C23H26N4O2/c1-16-7-6-10-19(15-16)23-26-25-22(29-23)17(2)27-13-11-20(12-14-27)24-21(28)18-8-4-3-5-9-18/h3-10,15,17,20H,11-14H2,1-2H3,(H,24,28)/t17-/m1/s1. The molecule has 2 heterocycles. The lowest BCUT2D eigenvalue weighted by Gasteiger charge is -2.34. The minimum absolute atomic E-state index is 0.00297. The van der Waals surface area contributed by atoms with Gasteiger partial charge in [0.1, 0.15) is 0 Å². The molecule has 1 fully saturated rings. The maximum absolute atomic E-state index is 12.4. The summed E-state index contributed by atoms with van der Waals surface area (Å²) in [6, 6.07) is 17.7. The molecule has 150 valence electrons. The fourth-order valence-corrected chi connectivity index (χ4v) is 3.74. The molecule has 6 heteroatoms. The van der Waals surface area contributed by atoms with Crippen molar-refractivity contribution in [1.29, 1.82) is 0 Å². The number of nitrogens with zero attached hydrogens (tertiary/aromatic N) is 3. The number of carbonyl (C=O) groups excluding carboxylic acids is 1. The SMILES string of the molecule is Cc1cccc(-c2nnc([C@@H](C)N3CCC(NC(=O)c4ccccc4)CC3)o2)c1. The summed E-state index contributed by atoms with van der Waals surface area (Å²) in [5, 5.41) is 11.7. The van der Waals surface area contributed by atoms with Crippen LogP contribution in [0.3, 0.4) is 0 Å². The van der Waals surface area contributed by atoms with Crippen LogP contribution in [0.4, 0.5) is 0 Å². The molecule has 1 atom stereocenters. The van der Waals surface area contributed by atoms with Gasteiger partial charge in [-0.25, -0.2) is 0 Å². The summed E-state index contributed by atoms with van der Waals surface area (Å²) < 4.78 is 5.96. The zero-order valence-electron chi connectivity index (χ0n) is 16.8. The van der Waals surface area contributed by atoms with E-state index in [1.807, 2.05) is 61.5 Å². The molecule has 1 aliphatic heterocycles. The van der Waals surface area contributed by atoms with E-state index < -0.39 is 0 Å². The van der Waals surface area contributed by atoms with Crippen molar-refractivity contribution in [3.05, 3.63) is 71.6 Å². The predicted octanol–water partition coefficient (Wildman–Crippen LogP) is 4.00. The Morgan fingerprint density at radius 1 is 1.10 bits per heavy atom. The van der Waals surface area contributed by atoms with Crippen LogP contribution >= 0.6 is 0 Å². The first-order chi connectivity index (χ1) is 14.1. The van der Waals surface area contributed by atoms with E-state index >= 15 is 0 Å². The van der Waals surface area contributed by atoms with E-state index in [-0.39, 0.29) is 18.0 Å². The van der Waals surface area contributed by atoms with Crippen LogP contribution in [-0.2, 0) is 0 Å². The number of amides is 1. The Bertz CT molecular complexity index is 962. The highest BCUT2D eigenvalue weighted by molar-refractivity contribution is 5.94. The van der Waals surface area contributed by atoms with Gasteiger partial charge in [0.05, 0.1) is 6.04 Å². The fraction of sp³-hybridized carbons (Fsp3) is 0.348. The molecular weight excluding hydrogens is 364 g/mol. The van der Waals surface area contributed by atoms with E-state index in [1.165, 1.54) is 0 Å². The molecule has 1 aliphatic rings. The Morgan fingerprint density at radius 2 is 1.86 bits per heavy atom. The molecule has 0 spiro atoms. The van der Waals surface area contributed by atoms with Crippen molar-refractivity contribution < 1.29 is 9.21 Å². The van der Waals surface area contributed by atoms with Gasteiger partial charge < -0.3 is 9.73 Å². The lowest BCUT2D eigenvalue weighted by molar-refractivity contribution is 0.0885. The van der Waals surface area contributed by atoms with Crippen molar-refractivity contribution in [2.24, 2.45) is 0 Å². The summed E-state index contributed by atoms with van der Waals surface area (Å²) in [5.74, 6) is 1.19. The molecule has 2 aromatic carbocycles. The van der Waals surface area contributed by atoms with Gasteiger partial charge >= 0.3 is 0 Å². The molecule has 0 radical (unpaired) electrons. The van der Waals surface area contributed by atoms with Crippen LogP contribution in [0, 0.1) is 6.92 Å². The van der Waals surface area contributed by atoms with Gasteiger partial charge in [-0.15, -0.1) is 10.2 Å². The number of aryl methyl sites for hydroxylation is 1. The smallest absolute Gasteiger partial charge is 0.251 e. The van der Waals surface area contributed by atoms with Crippen molar-refractivity contribution in [2.75, 3.05) is 13.1 Å². The molecule has 3 aromatic rings. The highest BCUT2D eigenvalue weighted by Crippen LogP contribution is 2.26. The second-order valence-electron chi connectivity index (χ2n) is 7.64. The number of nitrogens with one attached hydrogen (secondary N) is 1. The number of likely N-dealkylation sites (tertiary alicyclic amines) is 1. The van der Waals surface area contributed by atoms with Crippen molar-refractivity contribution in [1.82, 2.24) is 20.4 Å². The Morgan fingerprint density at radius 3 is 2.59 bits per heavy atom. The van der Waals surface area contributed by atoms with Gasteiger partial charge in [-0.05, 0) is 51.0 Å².